The fourth-order valence-corrected chi connectivity index (χ4v) is 3.79. The average molecular weight is 441 g/mol. The molecule has 0 saturated heterocycles. The largest absolute Gasteiger partial charge is 0.367 e. The second-order valence-electron chi connectivity index (χ2n) is 6.75. The minimum absolute atomic E-state index is 0.210. The smallest absolute Gasteiger partial charge is 0.244 e. The van der Waals surface area contributed by atoms with Crippen molar-refractivity contribution >= 4 is 29.1 Å². The van der Waals surface area contributed by atoms with Crippen molar-refractivity contribution < 1.29 is 4.79 Å². The molecular formula is C24H20N6OS. The molecule has 3 aromatic heterocycles. The summed E-state index contributed by atoms with van der Waals surface area (Å²) in [6.45, 7) is 0.851. The molecule has 4 aromatic rings. The number of aromatic nitrogens is 3. The second kappa shape index (κ2) is 10.2. The lowest BCUT2D eigenvalue weighted by atomic mass is 10.2. The number of nitriles is 1. The summed E-state index contributed by atoms with van der Waals surface area (Å²) in [7, 11) is 0. The van der Waals surface area contributed by atoms with E-state index in [1.165, 1.54) is 6.08 Å². The first-order valence-corrected chi connectivity index (χ1v) is 10.9. The van der Waals surface area contributed by atoms with Crippen molar-refractivity contribution in [1.82, 2.24) is 20.1 Å². The van der Waals surface area contributed by atoms with Crippen LogP contribution >= 0.6 is 11.3 Å². The number of anilines is 1. The second-order valence-corrected chi connectivity index (χ2v) is 7.70. The maximum atomic E-state index is 12.3. The Morgan fingerprint density at radius 3 is 2.78 bits per heavy atom. The van der Waals surface area contributed by atoms with Crippen molar-refractivity contribution in [1.29, 1.82) is 5.26 Å². The fourth-order valence-electron chi connectivity index (χ4n) is 3.05. The zero-order chi connectivity index (χ0) is 22.2. The van der Waals surface area contributed by atoms with Gasteiger partial charge < -0.3 is 10.6 Å². The van der Waals surface area contributed by atoms with Crippen molar-refractivity contribution in [3.63, 3.8) is 0 Å². The molecule has 0 atom stereocenters. The van der Waals surface area contributed by atoms with Gasteiger partial charge in [0.1, 0.15) is 17.6 Å². The van der Waals surface area contributed by atoms with Crippen LogP contribution in [0.5, 0.6) is 0 Å². The Hall–Kier alpha value is -4.22. The molecule has 0 saturated carbocycles. The van der Waals surface area contributed by atoms with E-state index >= 15 is 0 Å². The fraction of sp³-hybridized carbons (Fsp3) is 0.0833. The van der Waals surface area contributed by atoms with Crippen LogP contribution in [0.15, 0.2) is 78.4 Å². The molecule has 0 fully saturated rings. The molecule has 1 aromatic carbocycles. The number of amides is 1. The number of hydrogen-bond donors (Lipinski definition) is 2. The first-order chi connectivity index (χ1) is 15.7. The third kappa shape index (κ3) is 5.09. The number of thiophene rings is 1. The van der Waals surface area contributed by atoms with E-state index in [1.807, 2.05) is 58.7 Å². The summed E-state index contributed by atoms with van der Waals surface area (Å²) in [4.78, 5) is 17.5. The molecule has 0 bridgehead atoms. The van der Waals surface area contributed by atoms with Crippen LogP contribution in [-0.2, 0) is 4.79 Å². The van der Waals surface area contributed by atoms with Gasteiger partial charge in [0, 0.05) is 37.1 Å². The molecule has 2 N–H and O–H groups in total. The highest BCUT2D eigenvalue weighted by atomic mass is 32.1. The van der Waals surface area contributed by atoms with Gasteiger partial charge in [-0.1, -0.05) is 24.3 Å². The summed E-state index contributed by atoms with van der Waals surface area (Å²) in [6.07, 6.45) is 6.81. The molecule has 0 spiro atoms. The van der Waals surface area contributed by atoms with E-state index in [0.29, 0.717) is 24.5 Å². The predicted molar refractivity (Wildman–Crippen MR) is 126 cm³/mol. The van der Waals surface area contributed by atoms with Crippen LogP contribution in [0.2, 0.25) is 0 Å². The van der Waals surface area contributed by atoms with Crippen molar-refractivity contribution in [3.8, 4) is 22.3 Å². The van der Waals surface area contributed by atoms with E-state index in [-0.39, 0.29) is 5.91 Å². The number of carbonyl (C=O) groups is 1. The Bertz CT molecular complexity index is 1260. The first kappa shape index (κ1) is 21.0. The molecule has 158 valence electrons. The van der Waals surface area contributed by atoms with Crippen LogP contribution in [-0.4, -0.2) is 33.8 Å². The number of hydrogen-bond acceptors (Lipinski definition) is 6. The number of nitrogens with one attached hydrogen (secondary N) is 2. The van der Waals surface area contributed by atoms with E-state index < -0.39 is 0 Å². The van der Waals surface area contributed by atoms with Gasteiger partial charge in [0.25, 0.3) is 0 Å². The summed E-state index contributed by atoms with van der Waals surface area (Å²) in [5.74, 6) is 0.298. The molecule has 32 heavy (non-hydrogen) atoms. The van der Waals surface area contributed by atoms with Crippen LogP contribution in [0, 0.1) is 11.3 Å². The molecule has 7 nitrogen and oxygen atoms in total. The van der Waals surface area contributed by atoms with Crippen LogP contribution in [0.25, 0.3) is 22.3 Å². The highest BCUT2D eigenvalue weighted by Crippen LogP contribution is 2.28. The Labute approximate surface area is 189 Å². The summed E-state index contributed by atoms with van der Waals surface area (Å²) >= 11 is 1.60. The van der Waals surface area contributed by atoms with Gasteiger partial charge in [-0.05, 0) is 41.8 Å². The van der Waals surface area contributed by atoms with Gasteiger partial charge in [0.2, 0.25) is 5.91 Å². The maximum Gasteiger partial charge on any atom is 0.244 e. The summed E-state index contributed by atoms with van der Waals surface area (Å²) < 4.78 is 1.82. The maximum absolute atomic E-state index is 12.3. The number of rotatable bonds is 8. The van der Waals surface area contributed by atoms with Crippen molar-refractivity contribution in [2.24, 2.45) is 0 Å². The van der Waals surface area contributed by atoms with E-state index in [4.69, 9.17) is 10.4 Å². The van der Waals surface area contributed by atoms with Crippen molar-refractivity contribution in [3.05, 3.63) is 89.6 Å². The molecule has 8 heteroatoms. The number of benzene rings is 1. The van der Waals surface area contributed by atoms with E-state index in [0.717, 1.165) is 21.8 Å². The average Bonchev–Trinajstić information content (AvgIpc) is 3.51. The predicted octanol–water partition coefficient (Wildman–Crippen LogP) is 4.11. The van der Waals surface area contributed by atoms with Gasteiger partial charge in [-0.3, -0.25) is 4.79 Å². The van der Waals surface area contributed by atoms with Gasteiger partial charge in [0.15, 0.2) is 0 Å². The molecule has 0 radical (unpaired) electrons. The molecule has 0 aliphatic rings. The lowest BCUT2D eigenvalue weighted by Crippen LogP contribution is -2.27. The first-order valence-electron chi connectivity index (χ1n) is 9.98. The zero-order valence-electron chi connectivity index (χ0n) is 17.1. The standard InChI is InChI=1S/C24H20N6OS/c25-16-18-6-4-12-27-24(18)28-14-13-26-22(31)11-10-19-17-30(20-7-2-1-3-8-20)29-23(19)21-9-5-15-32-21/h1-12,15,17H,13-14H2,(H,26,31)(H,27,28). The molecule has 3 heterocycles. The van der Waals surface area contributed by atoms with E-state index in [2.05, 4.69) is 21.7 Å². The van der Waals surface area contributed by atoms with E-state index in [9.17, 15) is 4.79 Å². The number of carbonyl (C=O) groups excluding carboxylic acids is 1. The highest BCUT2D eigenvalue weighted by Gasteiger charge is 2.11. The van der Waals surface area contributed by atoms with E-state index in [1.54, 1.807) is 35.7 Å². The van der Waals surface area contributed by atoms with Gasteiger partial charge in [0.05, 0.1) is 16.1 Å². The number of pyridine rings is 1. The van der Waals surface area contributed by atoms with Crippen molar-refractivity contribution in [2.75, 3.05) is 18.4 Å². The molecular weight excluding hydrogens is 420 g/mol. The van der Waals surface area contributed by atoms with Gasteiger partial charge >= 0.3 is 0 Å². The molecule has 0 aliphatic heterocycles. The quantitative estimate of drug-likeness (QED) is 0.318. The summed E-state index contributed by atoms with van der Waals surface area (Å²) in [5, 5.41) is 21.7. The monoisotopic (exact) mass is 440 g/mol. The van der Waals surface area contributed by atoms with Crippen LogP contribution in [0.3, 0.4) is 0 Å². The normalized spacial score (nSPS) is 10.7. The Balaban J connectivity index is 1.40. The molecule has 4 rings (SSSR count). The SMILES string of the molecule is N#Cc1cccnc1NCCNC(=O)C=Cc1cn(-c2ccccc2)nc1-c1cccs1. The third-order valence-electron chi connectivity index (χ3n) is 4.58. The van der Waals surface area contributed by atoms with Gasteiger partial charge in [-0.15, -0.1) is 11.3 Å². The summed E-state index contributed by atoms with van der Waals surface area (Å²) in [6, 6.07) is 19.3. The lowest BCUT2D eigenvalue weighted by Gasteiger charge is -2.07. The Morgan fingerprint density at radius 2 is 2.00 bits per heavy atom. The highest BCUT2D eigenvalue weighted by molar-refractivity contribution is 7.13. The zero-order valence-corrected chi connectivity index (χ0v) is 17.9. The topological polar surface area (TPSA) is 95.6 Å². The van der Waals surface area contributed by atoms with Crippen LogP contribution < -0.4 is 10.6 Å². The minimum Gasteiger partial charge on any atom is -0.367 e. The van der Waals surface area contributed by atoms with Crippen molar-refractivity contribution in [2.45, 2.75) is 0 Å². The minimum atomic E-state index is -0.210. The molecule has 0 aliphatic carbocycles. The Morgan fingerprint density at radius 1 is 1.12 bits per heavy atom. The Kier molecular flexibility index (Phi) is 6.70. The molecule has 1 amide bonds. The molecule has 0 unspecified atom stereocenters. The van der Waals surface area contributed by atoms with Gasteiger partial charge in [-0.2, -0.15) is 10.4 Å². The number of nitrogens with zero attached hydrogens (tertiary/aromatic N) is 4. The van der Waals surface area contributed by atoms with Crippen LogP contribution in [0.4, 0.5) is 5.82 Å². The third-order valence-corrected chi connectivity index (χ3v) is 5.45. The lowest BCUT2D eigenvalue weighted by molar-refractivity contribution is -0.116. The number of para-hydroxylation sites is 1. The summed E-state index contributed by atoms with van der Waals surface area (Å²) in [5.41, 5.74) is 3.10. The van der Waals surface area contributed by atoms with Crippen LogP contribution in [0.1, 0.15) is 11.1 Å². The van der Waals surface area contributed by atoms with Gasteiger partial charge in [-0.25, -0.2) is 9.67 Å².